The predicted molar refractivity (Wildman–Crippen MR) is 131 cm³/mol. The van der Waals surface area contributed by atoms with E-state index in [9.17, 15) is 0 Å². The summed E-state index contributed by atoms with van der Waals surface area (Å²) in [6.07, 6.45) is 0. The fraction of sp³-hybridized carbons (Fsp3) is 0.296. The number of anilines is 1. The molecule has 6 nitrogen and oxygen atoms in total. The monoisotopic (exact) mass is 438 g/mol. The third kappa shape index (κ3) is 4.66. The quantitative estimate of drug-likeness (QED) is 0.450. The van der Waals surface area contributed by atoms with Crippen LogP contribution in [0.3, 0.4) is 0 Å². The highest BCUT2D eigenvalue weighted by Crippen LogP contribution is 2.30. The number of hydrogen-bond donors (Lipinski definition) is 0. The molecule has 0 aliphatic carbocycles. The highest BCUT2D eigenvalue weighted by molar-refractivity contribution is 5.55. The topological polar surface area (TPSA) is 50.1 Å². The van der Waals surface area contributed by atoms with E-state index in [0.717, 1.165) is 32.0 Å². The predicted octanol–water partition coefficient (Wildman–Crippen LogP) is 4.25. The van der Waals surface area contributed by atoms with Crippen LogP contribution in [0, 0.1) is 13.8 Å². The van der Waals surface area contributed by atoms with Crippen molar-refractivity contribution in [3.8, 4) is 0 Å². The van der Waals surface area contributed by atoms with Crippen LogP contribution in [0.2, 0.25) is 0 Å². The summed E-state index contributed by atoms with van der Waals surface area (Å²) in [7, 11) is 0. The first kappa shape index (κ1) is 21.3. The van der Waals surface area contributed by atoms with E-state index < -0.39 is 0 Å². The second kappa shape index (κ2) is 9.55. The van der Waals surface area contributed by atoms with Gasteiger partial charge in [0.1, 0.15) is 0 Å². The lowest BCUT2D eigenvalue weighted by atomic mass is 10.0. The van der Waals surface area contributed by atoms with E-state index in [1.54, 1.807) is 0 Å². The van der Waals surface area contributed by atoms with Crippen molar-refractivity contribution in [1.82, 2.24) is 25.1 Å². The van der Waals surface area contributed by atoms with Crippen LogP contribution in [0.4, 0.5) is 5.69 Å². The third-order valence-corrected chi connectivity index (χ3v) is 6.48. The second-order valence-corrected chi connectivity index (χ2v) is 8.81. The lowest BCUT2D eigenvalue weighted by Gasteiger charge is -2.40. The molecule has 6 heteroatoms. The first-order valence-corrected chi connectivity index (χ1v) is 11.6. The van der Waals surface area contributed by atoms with Gasteiger partial charge in [-0.1, -0.05) is 72.8 Å². The van der Waals surface area contributed by atoms with E-state index >= 15 is 0 Å². The van der Waals surface area contributed by atoms with E-state index in [1.165, 1.54) is 27.9 Å². The molecule has 3 aromatic carbocycles. The summed E-state index contributed by atoms with van der Waals surface area (Å²) in [6.45, 7) is 8.88. The van der Waals surface area contributed by atoms with Crippen molar-refractivity contribution in [3.05, 3.63) is 107 Å². The molecular formula is C27H30N6. The van der Waals surface area contributed by atoms with Gasteiger partial charge in [-0.25, -0.2) is 4.68 Å². The summed E-state index contributed by atoms with van der Waals surface area (Å²) in [5.41, 5.74) is 6.40. The molecule has 33 heavy (non-hydrogen) atoms. The van der Waals surface area contributed by atoms with Crippen molar-refractivity contribution in [2.24, 2.45) is 0 Å². The molecule has 1 aliphatic rings. The van der Waals surface area contributed by atoms with Crippen molar-refractivity contribution in [3.63, 3.8) is 0 Å². The van der Waals surface area contributed by atoms with E-state index in [-0.39, 0.29) is 6.04 Å². The van der Waals surface area contributed by atoms with Crippen molar-refractivity contribution < 1.29 is 0 Å². The molecule has 2 heterocycles. The number of hydrogen-bond acceptors (Lipinski definition) is 5. The van der Waals surface area contributed by atoms with Gasteiger partial charge in [-0.2, -0.15) is 0 Å². The lowest BCUT2D eigenvalue weighted by molar-refractivity contribution is 0.201. The summed E-state index contributed by atoms with van der Waals surface area (Å²) in [6, 6.07) is 27.7. The number of rotatable bonds is 6. The molecule has 0 unspecified atom stereocenters. The Morgan fingerprint density at radius 3 is 2.24 bits per heavy atom. The van der Waals surface area contributed by atoms with Gasteiger partial charge in [0, 0.05) is 31.9 Å². The fourth-order valence-corrected chi connectivity index (χ4v) is 4.72. The first-order chi connectivity index (χ1) is 16.2. The number of aromatic nitrogens is 4. The molecule has 1 aromatic heterocycles. The van der Waals surface area contributed by atoms with Gasteiger partial charge in [-0.15, -0.1) is 5.10 Å². The Hall–Kier alpha value is -3.51. The number of benzene rings is 3. The Morgan fingerprint density at radius 2 is 1.52 bits per heavy atom. The number of piperazine rings is 1. The van der Waals surface area contributed by atoms with Crippen LogP contribution in [0.5, 0.6) is 0 Å². The Kier molecular flexibility index (Phi) is 6.17. The highest BCUT2D eigenvalue weighted by atomic mass is 15.6. The maximum absolute atomic E-state index is 4.51. The van der Waals surface area contributed by atoms with Crippen LogP contribution in [-0.4, -0.2) is 51.3 Å². The summed E-state index contributed by atoms with van der Waals surface area (Å²) >= 11 is 0. The zero-order valence-corrected chi connectivity index (χ0v) is 19.3. The Labute approximate surface area is 195 Å². The molecule has 1 atom stereocenters. The molecular weight excluding hydrogens is 408 g/mol. The molecule has 5 rings (SSSR count). The maximum atomic E-state index is 4.51. The van der Waals surface area contributed by atoms with Crippen LogP contribution < -0.4 is 4.90 Å². The summed E-state index contributed by atoms with van der Waals surface area (Å²) in [4.78, 5) is 5.03. The van der Waals surface area contributed by atoms with Crippen LogP contribution in [0.25, 0.3) is 0 Å². The van der Waals surface area contributed by atoms with Crippen molar-refractivity contribution in [1.29, 1.82) is 0 Å². The number of tetrazole rings is 1. The van der Waals surface area contributed by atoms with Gasteiger partial charge < -0.3 is 4.90 Å². The molecule has 0 spiro atoms. The molecule has 1 saturated heterocycles. The van der Waals surface area contributed by atoms with E-state index in [4.69, 9.17) is 0 Å². The lowest BCUT2D eigenvalue weighted by Crippen LogP contribution is -2.48. The highest BCUT2D eigenvalue weighted by Gasteiger charge is 2.31. The molecule has 1 aliphatic heterocycles. The second-order valence-electron chi connectivity index (χ2n) is 8.81. The van der Waals surface area contributed by atoms with Gasteiger partial charge in [-0.05, 0) is 52.6 Å². The van der Waals surface area contributed by atoms with Gasteiger partial charge in [0.05, 0.1) is 12.6 Å². The molecule has 0 bridgehead atoms. The summed E-state index contributed by atoms with van der Waals surface area (Å²) in [5.74, 6) is 0.894. The molecule has 0 N–H and O–H groups in total. The van der Waals surface area contributed by atoms with Crippen molar-refractivity contribution in [2.75, 3.05) is 31.1 Å². The SMILES string of the molecule is Cc1ccc(C)c(N2CCN([C@@H](c3ccccc3)c3nnnn3Cc3ccccc3)CC2)c1. The molecule has 0 saturated carbocycles. The smallest absolute Gasteiger partial charge is 0.173 e. The van der Waals surface area contributed by atoms with E-state index in [2.05, 4.69) is 112 Å². The van der Waals surface area contributed by atoms with E-state index in [0.29, 0.717) is 6.54 Å². The Balaban J connectivity index is 1.41. The number of nitrogens with zero attached hydrogens (tertiary/aromatic N) is 6. The summed E-state index contributed by atoms with van der Waals surface area (Å²) < 4.78 is 1.95. The van der Waals surface area contributed by atoms with Gasteiger partial charge in [-0.3, -0.25) is 4.90 Å². The third-order valence-electron chi connectivity index (χ3n) is 6.48. The molecule has 0 radical (unpaired) electrons. The summed E-state index contributed by atoms with van der Waals surface area (Å²) in [5, 5.41) is 12.9. The standard InChI is InChI=1S/C27H30N6/c1-21-13-14-22(2)25(19-21)31-15-17-32(18-16-31)26(24-11-7-4-8-12-24)27-28-29-30-33(27)20-23-9-5-3-6-10-23/h3-14,19,26H,15-18,20H2,1-2H3/t26-/m0/s1. The molecule has 4 aromatic rings. The van der Waals surface area contributed by atoms with Gasteiger partial charge in [0.2, 0.25) is 0 Å². The first-order valence-electron chi connectivity index (χ1n) is 11.6. The minimum atomic E-state index is 0.0191. The molecule has 0 amide bonds. The number of aryl methyl sites for hydroxylation is 2. The van der Waals surface area contributed by atoms with Crippen LogP contribution >= 0.6 is 0 Å². The Bertz CT molecular complexity index is 1180. The van der Waals surface area contributed by atoms with Gasteiger partial charge in [0.25, 0.3) is 0 Å². The minimum absolute atomic E-state index is 0.0191. The maximum Gasteiger partial charge on any atom is 0.173 e. The average molecular weight is 439 g/mol. The van der Waals surface area contributed by atoms with Crippen LogP contribution in [0.15, 0.2) is 78.9 Å². The average Bonchev–Trinajstić information content (AvgIpc) is 3.30. The van der Waals surface area contributed by atoms with Crippen molar-refractivity contribution >= 4 is 5.69 Å². The van der Waals surface area contributed by atoms with Gasteiger partial charge >= 0.3 is 0 Å². The molecule has 1 fully saturated rings. The Morgan fingerprint density at radius 1 is 0.818 bits per heavy atom. The van der Waals surface area contributed by atoms with E-state index in [1.807, 2.05) is 10.7 Å². The van der Waals surface area contributed by atoms with Crippen molar-refractivity contribution in [2.45, 2.75) is 26.4 Å². The zero-order chi connectivity index (χ0) is 22.6. The fourth-order valence-electron chi connectivity index (χ4n) is 4.72. The molecule has 168 valence electrons. The van der Waals surface area contributed by atoms with Crippen LogP contribution in [0.1, 0.15) is 34.1 Å². The normalized spacial score (nSPS) is 15.5. The minimum Gasteiger partial charge on any atom is -0.369 e. The zero-order valence-electron chi connectivity index (χ0n) is 19.3. The van der Waals surface area contributed by atoms with Crippen LogP contribution in [-0.2, 0) is 6.54 Å². The largest absolute Gasteiger partial charge is 0.369 e. The van der Waals surface area contributed by atoms with Gasteiger partial charge in [0.15, 0.2) is 5.82 Å².